The number of benzene rings is 1. The summed E-state index contributed by atoms with van der Waals surface area (Å²) in [5.41, 5.74) is 1.19. The first kappa shape index (κ1) is 13.6. The summed E-state index contributed by atoms with van der Waals surface area (Å²) in [5, 5.41) is 3.50. The number of hydrogen-bond acceptors (Lipinski definition) is 3. The third kappa shape index (κ3) is 3.22. The molecule has 1 aliphatic rings. The van der Waals surface area contributed by atoms with Gasteiger partial charge in [-0.1, -0.05) is 15.9 Å². The fourth-order valence-corrected chi connectivity index (χ4v) is 2.53. The van der Waals surface area contributed by atoms with E-state index >= 15 is 0 Å². The van der Waals surface area contributed by atoms with Crippen LogP contribution in [0.15, 0.2) is 35.1 Å². The number of nitrogens with zero attached hydrogens (tertiary/aromatic N) is 2. The number of imidazole rings is 1. The van der Waals surface area contributed by atoms with Crippen LogP contribution in [0.25, 0.3) is 0 Å². The van der Waals surface area contributed by atoms with Crippen molar-refractivity contribution in [3.05, 3.63) is 46.5 Å². The molecule has 1 aromatic heterocycles. The summed E-state index contributed by atoms with van der Waals surface area (Å²) in [6, 6.07) is 6.73. The average Bonchev–Trinajstić information content (AvgIpc) is 3.19. The maximum Gasteiger partial charge on any atom is 0.122 e. The van der Waals surface area contributed by atoms with Crippen LogP contribution in [0.2, 0.25) is 0 Å². The van der Waals surface area contributed by atoms with Gasteiger partial charge in [0.2, 0.25) is 0 Å². The van der Waals surface area contributed by atoms with E-state index in [2.05, 4.69) is 36.9 Å². The zero-order valence-corrected chi connectivity index (χ0v) is 13.1. The first-order valence-electron chi connectivity index (χ1n) is 6.82. The van der Waals surface area contributed by atoms with Gasteiger partial charge >= 0.3 is 0 Å². The molecule has 2 aromatic rings. The van der Waals surface area contributed by atoms with Gasteiger partial charge in [-0.15, -0.1) is 0 Å². The fourth-order valence-electron chi connectivity index (χ4n) is 2.16. The molecule has 4 nitrogen and oxygen atoms in total. The maximum absolute atomic E-state index is 5.29. The quantitative estimate of drug-likeness (QED) is 0.882. The molecule has 3 rings (SSSR count). The Morgan fingerprint density at radius 3 is 3.05 bits per heavy atom. The number of hydrogen-bond donors (Lipinski definition) is 1. The van der Waals surface area contributed by atoms with E-state index in [1.165, 1.54) is 18.4 Å². The molecule has 1 heterocycles. The molecule has 1 aliphatic carbocycles. The molecule has 20 heavy (non-hydrogen) atoms. The van der Waals surface area contributed by atoms with Gasteiger partial charge in [0.25, 0.3) is 0 Å². The number of aromatic nitrogens is 2. The van der Waals surface area contributed by atoms with Gasteiger partial charge in [-0.2, -0.15) is 0 Å². The van der Waals surface area contributed by atoms with Gasteiger partial charge in [0.15, 0.2) is 0 Å². The molecule has 0 spiro atoms. The Balaban J connectivity index is 1.74. The van der Waals surface area contributed by atoms with Crippen molar-refractivity contribution in [1.82, 2.24) is 14.9 Å². The summed E-state index contributed by atoms with van der Waals surface area (Å²) in [6.07, 6.45) is 6.47. The van der Waals surface area contributed by atoms with E-state index in [0.29, 0.717) is 6.04 Å². The van der Waals surface area contributed by atoms with Crippen molar-refractivity contribution in [2.45, 2.75) is 32.0 Å². The van der Waals surface area contributed by atoms with Crippen LogP contribution in [-0.2, 0) is 13.1 Å². The predicted molar refractivity (Wildman–Crippen MR) is 81.9 cm³/mol. The standard InChI is InChI=1S/C15H18BrN3O/c1-20-13-4-5-14(16)11(8-13)10-19-7-6-17-15(19)9-18-12-2-3-12/h4-8,12,18H,2-3,9-10H2,1H3. The van der Waals surface area contributed by atoms with Crippen molar-refractivity contribution in [2.75, 3.05) is 7.11 Å². The van der Waals surface area contributed by atoms with Crippen LogP contribution in [-0.4, -0.2) is 22.7 Å². The first-order chi connectivity index (χ1) is 9.76. The zero-order chi connectivity index (χ0) is 13.9. The third-order valence-corrected chi connectivity index (χ3v) is 4.30. The van der Waals surface area contributed by atoms with Crippen molar-refractivity contribution in [2.24, 2.45) is 0 Å². The second-order valence-corrected chi connectivity index (χ2v) is 5.94. The number of halogens is 1. The molecule has 106 valence electrons. The Morgan fingerprint density at radius 2 is 2.30 bits per heavy atom. The SMILES string of the molecule is COc1ccc(Br)c(Cn2ccnc2CNC2CC2)c1. The molecular formula is C15H18BrN3O. The summed E-state index contributed by atoms with van der Waals surface area (Å²) in [7, 11) is 1.69. The van der Waals surface area contributed by atoms with Gasteiger partial charge in [-0.25, -0.2) is 4.98 Å². The Bertz CT molecular complexity index is 593. The Hall–Kier alpha value is -1.33. The molecule has 1 N–H and O–H groups in total. The largest absolute Gasteiger partial charge is 0.497 e. The molecule has 1 aromatic carbocycles. The Morgan fingerprint density at radius 1 is 1.45 bits per heavy atom. The highest BCUT2D eigenvalue weighted by molar-refractivity contribution is 9.10. The zero-order valence-electron chi connectivity index (χ0n) is 11.5. The van der Waals surface area contributed by atoms with E-state index in [1.54, 1.807) is 7.11 Å². The minimum atomic E-state index is 0.698. The second-order valence-electron chi connectivity index (χ2n) is 5.08. The highest BCUT2D eigenvalue weighted by atomic mass is 79.9. The van der Waals surface area contributed by atoms with Gasteiger partial charge < -0.3 is 14.6 Å². The number of nitrogens with one attached hydrogen (secondary N) is 1. The molecule has 0 atom stereocenters. The van der Waals surface area contributed by atoms with Gasteiger partial charge in [0, 0.05) is 22.9 Å². The van der Waals surface area contributed by atoms with Gasteiger partial charge in [-0.3, -0.25) is 0 Å². The van der Waals surface area contributed by atoms with E-state index in [4.69, 9.17) is 4.74 Å². The molecule has 5 heteroatoms. The smallest absolute Gasteiger partial charge is 0.122 e. The summed E-state index contributed by atoms with van der Waals surface area (Å²) in [6.45, 7) is 1.62. The molecule has 1 fully saturated rings. The van der Waals surface area contributed by atoms with Crippen molar-refractivity contribution in [3.8, 4) is 5.75 Å². The number of methoxy groups -OCH3 is 1. The van der Waals surface area contributed by atoms with E-state index in [-0.39, 0.29) is 0 Å². The van der Waals surface area contributed by atoms with Crippen LogP contribution in [0.5, 0.6) is 5.75 Å². The number of ether oxygens (including phenoxy) is 1. The lowest BCUT2D eigenvalue weighted by molar-refractivity contribution is 0.414. The lowest BCUT2D eigenvalue weighted by Crippen LogP contribution is -2.19. The number of rotatable bonds is 6. The van der Waals surface area contributed by atoms with Crippen LogP contribution >= 0.6 is 15.9 Å². The van der Waals surface area contributed by atoms with Gasteiger partial charge in [0.05, 0.1) is 20.2 Å². The lowest BCUT2D eigenvalue weighted by Gasteiger charge is -2.11. The highest BCUT2D eigenvalue weighted by Crippen LogP contribution is 2.24. The highest BCUT2D eigenvalue weighted by Gasteiger charge is 2.20. The summed E-state index contributed by atoms with van der Waals surface area (Å²) in [4.78, 5) is 4.44. The normalized spacial score (nSPS) is 14.5. The molecule has 0 saturated heterocycles. The summed E-state index contributed by atoms with van der Waals surface area (Å²) < 4.78 is 8.55. The topological polar surface area (TPSA) is 39.1 Å². The maximum atomic E-state index is 5.29. The van der Waals surface area contributed by atoms with Gasteiger partial charge in [0.1, 0.15) is 11.6 Å². The minimum Gasteiger partial charge on any atom is -0.497 e. The first-order valence-corrected chi connectivity index (χ1v) is 7.61. The van der Waals surface area contributed by atoms with Gasteiger partial charge in [-0.05, 0) is 36.6 Å². The molecule has 0 bridgehead atoms. The predicted octanol–water partition coefficient (Wildman–Crippen LogP) is 2.95. The fraction of sp³-hybridized carbons (Fsp3) is 0.400. The van der Waals surface area contributed by atoms with E-state index < -0.39 is 0 Å². The summed E-state index contributed by atoms with van der Waals surface area (Å²) in [5.74, 6) is 1.95. The van der Waals surface area contributed by atoms with Crippen molar-refractivity contribution >= 4 is 15.9 Å². The molecule has 0 unspecified atom stereocenters. The van der Waals surface area contributed by atoms with E-state index in [9.17, 15) is 0 Å². The Labute approximate surface area is 127 Å². The average molecular weight is 336 g/mol. The second kappa shape index (κ2) is 5.97. The monoisotopic (exact) mass is 335 g/mol. The third-order valence-electron chi connectivity index (χ3n) is 3.52. The van der Waals surface area contributed by atoms with Crippen LogP contribution in [0.3, 0.4) is 0 Å². The molecule has 1 saturated carbocycles. The lowest BCUT2D eigenvalue weighted by atomic mass is 10.2. The molecular weight excluding hydrogens is 318 g/mol. The van der Waals surface area contributed by atoms with Crippen LogP contribution in [0.4, 0.5) is 0 Å². The van der Waals surface area contributed by atoms with Crippen LogP contribution in [0, 0.1) is 0 Å². The van der Waals surface area contributed by atoms with Crippen LogP contribution < -0.4 is 10.1 Å². The molecule has 0 radical (unpaired) electrons. The van der Waals surface area contributed by atoms with Crippen molar-refractivity contribution < 1.29 is 4.74 Å². The van der Waals surface area contributed by atoms with Crippen molar-refractivity contribution in [1.29, 1.82) is 0 Å². The van der Waals surface area contributed by atoms with Crippen LogP contribution in [0.1, 0.15) is 24.2 Å². The minimum absolute atomic E-state index is 0.698. The molecule has 0 aliphatic heterocycles. The van der Waals surface area contributed by atoms with E-state index in [1.807, 2.05) is 24.5 Å². The molecule has 0 amide bonds. The summed E-state index contributed by atoms with van der Waals surface area (Å²) >= 11 is 3.60. The Kier molecular flexibility index (Phi) is 4.08. The van der Waals surface area contributed by atoms with E-state index in [0.717, 1.165) is 29.1 Å². The van der Waals surface area contributed by atoms with Crippen molar-refractivity contribution in [3.63, 3.8) is 0 Å².